The Morgan fingerprint density at radius 2 is 2.03 bits per heavy atom. The Kier molecular flexibility index (Phi) is 6.14. The lowest BCUT2D eigenvalue weighted by atomic mass is 9.70. The maximum absolute atomic E-state index is 12.3. The lowest BCUT2D eigenvalue weighted by molar-refractivity contribution is -0.120. The summed E-state index contributed by atoms with van der Waals surface area (Å²) < 4.78 is 1.80. The number of piperazine rings is 1. The molecule has 1 N–H and O–H groups in total. The fraction of sp³-hybridized carbons (Fsp3) is 0.640. The van der Waals surface area contributed by atoms with Crippen LogP contribution in [0.2, 0.25) is 0 Å². The molecular weight excluding hydrogens is 416 g/mol. The summed E-state index contributed by atoms with van der Waals surface area (Å²) in [6.07, 6.45) is 8.12. The van der Waals surface area contributed by atoms with E-state index in [0.29, 0.717) is 25.0 Å². The Labute approximate surface area is 195 Å². The van der Waals surface area contributed by atoms with Gasteiger partial charge >= 0.3 is 6.03 Å². The first kappa shape index (κ1) is 22.3. The van der Waals surface area contributed by atoms with Crippen LogP contribution in [0.15, 0.2) is 24.5 Å². The third kappa shape index (κ3) is 4.38. The molecule has 0 radical (unpaired) electrons. The van der Waals surface area contributed by atoms with E-state index in [-0.39, 0.29) is 11.9 Å². The van der Waals surface area contributed by atoms with E-state index in [4.69, 9.17) is 0 Å². The molecule has 2 aromatic heterocycles. The van der Waals surface area contributed by atoms with Crippen LogP contribution in [-0.4, -0.2) is 69.6 Å². The lowest BCUT2D eigenvalue weighted by Crippen LogP contribution is -2.57. The van der Waals surface area contributed by atoms with Crippen molar-refractivity contribution in [3.8, 4) is 0 Å². The zero-order chi connectivity index (χ0) is 23.1. The predicted octanol–water partition coefficient (Wildman–Crippen LogP) is 3.11. The number of nitrogens with zero attached hydrogens (tertiary/aromatic N) is 5. The summed E-state index contributed by atoms with van der Waals surface area (Å²) in [4.78, 5) is 30.7. The Bertz CT molecular complexity index is 1030. The highest BCUT2D eigenvalue weighted by Crippen LogP contribution is 2.40. The molecule has 2 saturated heterocycles. The number of imide groups is 1. The number of nitrogens with one attached hydrogen (secondary N) is 1. The summed E-state index contributed by atoms with van der Waals surface area (Å²) >= 11 is 0. The van der Waals surface area contributed by atoms with Crippen LogP contribution in [0.25, 0.3) is 5.52 Å². The van der Waals surface area contributed by atoms with E-state index < -0.39 is 0 Å². The average molecular weight is 453 g/mol. The van der Waals surface area contributed by atoms with E-state index in [1.54, 1.807) is 15.6 Å². The van der Waals surface area contributed by atoms with Crippen LogP contribution in [0, 0.1) is 11.8 Å². The number of urea groups is 1. The third-order valence-electron chi connectivity index (χ3n) is 8.13. The van der Waals surface area contributed by atoms with Crippen molar-refractivity contribution in [2.45, 2.75) is 65.1 Å². The molecule has 1 aliphatic carbocycles. The minimum absolute atomic E-state index is 0.224. The Balaban J connectivity index is 1.24. The topological polar surface area (TPSA) is 73.2 Å². The standard InChI is InChI=1S/C25H36N6O2/c1-4-19-11-21(12-19)18(3)29-10-9-28(15-17(29)2)16-20-5-8-31-22(13-20)23(14-26-31)30-7-6-24(32)27-25(30)33/h5,8,13-14,17-19,21H,4,6-7,9-12,15-16H2,1-3H3,(H,27,32,33)/t17-,18+,19-,21+/m0/s1. The largest absolute Gasteiger partial charge is 0.328 e. The normalized spacial score (nSPS) is 28.1. The van der Waals surface area contributed by atoms with Crippen molar-refractivity contribution in [2.75, 3.05) is 31.1 Å². The van der Waals surface area contributed by atoms with Gasteiger partial charge in [-0.25, -0.2) is 9.31 Å². The monoisotopic (exact) mass is 452 g/mol. The molecular formula is C25H36N6O2. The van der Waals surface area contributed by atoms with E-state index in [1.807, 2.05) is 6.20 Å². The van der Waals surface area contributed by atoms with E-state index in [0.717, 1.165) is 49.2 Å². The van der Waals surface area contributed by atoms with Gasteiger partial charge in [-0.05, 0) is 56.2 Å². The summed E-state index contributed by atoms with van der Waals surface area (Å²) in [6.45, 7) is 11.7. The minimum Gasteiger partial charge on any atom is -0.296 e. The first-order chi connectivity index (χ1) is 15.9. The van der Waals surface area contributed by atoms with Crippen LogP contribution in [0.1, 0.15) is 52.0 Å². The van der Waals surface area contributed by atoms with Crippen molar-refractivity contribution in [1.82, 2.24) is 24.7 Å². The molecule has 0 aromatic carbocycles. The average Bonchev–Trinajstić information content (AvgIpc) is 3.16. The summed E-state index contributed by atoms with van der Waals surface area (Å²) in [6, 6.07) is 5.10. The van der Waals surface area contributed by atoms with Crippen LogP contribution in [0.5, 0.6) is 0 Å². The van der Waals surface area contributed by atoms with Crippen molar-refractivity contribution >= 4 is 23.1 Å². The quantitative estimate of drug-likeness (QED) is 0.729. The number of rotatable bonds is 6. The molecule has 2 aliphatic heterocycles. The van der Waals surface area contributed by atoms with Crippen molar-refractivity contribution < 1.29 is 9.59 Å². The number of hydrogen-bond acceptors (Lipinski definition) is 5. The molecule has 8 heteroatoms. The number of amides is 3. The van der Waals surface area contributed by atoms with Crippen LogP contribution < -0.4 is 10.2 Å². The van der Waals surface area contributed by atoms with Gasteiger partial charge in [0, 0.05) is 57.4 Å². The van der Waals surface area contributed by atoms with Crippen molar-refractivity contribution in [1.29, 1.82) is 0 Å². The molecule has 0 spiro atoms. The Morgan fingerprint density at radius 1 is 1.21 bits per heavy atom. The summed E-state index contributed by atoms with van der Waals surface area (Å²) in [5.41, 5.74) is 2.86. The van der Waals surface area contributed by atoms with Crippen molar-refractivity contribution in [3.63, 3.8) is 0 Å². The first-order valence-electron chi connectivity index (χ1n) is 12.5. The molecule has 2 aromatic rings. The zero-order valence-electron chi connectivity index (χ0n) is 20.0. The number of aromatic nitrogens is 2. The van der Waals surface area contributed by atoms with E-state index in [2.05, 4.69) is 53.1 Å². The molecule has 178 valence electrons. The smallest absolute Gasteiger partial charge is 0.296 e. The number of pyridine rings is 1. The first-order valence-corrected chi connectivity index (χ1v) is 12.5. The number of carbonyl (C=O) groups is 2. The predicted molar refractivity (Wildman–Crippen MR) is 128 cm³/mol. The van der Waals surface area contributed by atoms with Crippen molar-refractivity contribution in [3.05, 3.63) is 30.1 Å². The van der Waals surface area contributed by atoms with Gasteiger partial charge < -0.3 is 0 Å². The van der Waals surface area contributed by atoms with Crippen LogP contribution in [-0.2, 0) is 11.3 Å². The maximum Gasteiger partial charge on any atom is 0.328 e. The van der Waals surface area contributed by atoms with Gasteiger partial charge in [0.1, 0.15) is 0 Å². The number of hydrogen-bond donors (Lipinski definition) is 1. The number of carbonyl (C=O) groups excluding carboxylic acids is 2. The fourth-order valence-electron chi connectivity index (χ4n) is 5.95. The molecule has 0 bridgehead atoms. The Hall–Kier alpha value is -2.45. The summed E-state index contributed by atoms with van der Waals surface area (Å²) in [7, 11) is 0. The minimum atomic E-state index is -0.373. The molecule has 3 fully saturated rings. The second-order valence-corrected chi connectivity index (χ2v) is 10.2. The Morgan fingerprint density at radius 3 is 2.76 bits per heavy atom. The van der Waals surface area contributed by atoms with Gasteiger partial charge in [0.2, 0.25) is 5.91 Å². The summed E-state index contributed by atoms with van der Waals surface area (Å²) in [5, 5.41) is 6.81. The van der Waals surface area contributed by atoms with Gasteiger partial charge in [0.15, 0.2) is 0 Å². The van der Waals surface area contributed by atoms with E-state index in [1.165, 1.54) is 24.8 Å². The molecule has 3 aliphatic rings. The third-order valence-corrected chi connectivity index (χ3v) is 8.13. The van der Waals surface area contributed by atoms with E-state index >= 15 is 0 Å². The molecule has 2 atom stereocenters. The van der Waals surface area contributed by atoms with Crippen LogP contribution in [0.3, 0.4) is 0 Å². The SMILES string of the molecule is CC[C@H]1C[C@@H]([C@@H](C)N2CCN(Cc3ccn4ncc(N5CCC(=O)NC5=O)c4c3)C[C@@H]2C)C1. The van der Waals surface area contributed by atoms with Crippen LogP contribution in [0.4, 0.5) is 10.5 Å². The van der Waals surface area contributed by atoms with Gasteiger partial charge in [0.25, 0.3) is 0 Å². The number of fused-ring (bicyclic) bond motifs is 1. The van der Waals surface area contributed by atoms with Crippen molar-refractivity contribution in [2.24, 2.45) is 11.8 Å². The highest BCUT2D eigenvalue weighted by Gasteiger charge is 2.37. The number of anilines is 1. The molecule has 33 heavy (non-hydrogen) atoms. The second kappa shape index (κ2) is 9.06. The molecule has 5 rings (SSSR count). The fourth-order valence-corrected chi connectivity index (χ4v) is 5.95. The van der Waals surface area contributed by atoms with Gasteiger partial charge in [-0.15, -0.1) is 0 Å². The highest BCUT2D eigenvalue weighted by atomic mass is 16.2. The maximum atomic E-state index is 12.3. The molecule has 8 nitrogen and oxygen atoms in total. The van der Waals surface area contributed by atoms with Gasteiger partial charge in [-0.3, -0.25) is 24.8 Å². The highest BCUT2D eigenvalue weighted by molar-refractivity contribution is 6.07. The van der Waals surface area contributed by atoms with Crippen LogP contribution >= 0.6 is 0 Å². The van der Waals surface area contributed by atoms with Gasteiger partial charge in [-0.2, -0.15) is 5.10 Å². The second-order valence-electron chi connectivity index (χ2n) is 10.2. The molecule has 3 amide bonds. The summed E-state index contributed by atoms with van der Waals surface area (Å²) in [5.74, 6) is 1.60. The van der Waals surface area contributed by atoms with E-state index in [9.17, 15) is 9.59 Å². The zero-order valence-corrected chi connectivity index (χ0v) is 20.0. The molecule has 1 saturated carbocycles. The molecule has 0 unspecified atom stereocenters. The van der Waals surface area contributed by atoms with Gasteiger partial charge in [-0.1, -0.05) is 13.3 Å². The van der Waals surface area contributed by atoms with Gasteiger partial charge in [0.05, 0.1) is 17.4 Å². The molecule has 4 heterocycles. The lowest BCUT2D eigenvalue weighted by Gasteiger charge is -2.49.